The third-order valence-electron chi connectivity index (χ3n) is 3.63. The molecule has 0 N–H and O–H groups in total. The SMILES string of the molecule is CCOC(=O)C=C1CCCCC1C(C)CC. The van der Waals surface area contributed by atoms with Gasteiger partial charge in [0, 0.05) is 6.08 Å². The van der Waals surface area contributed by atoms with Gasteiger partial charge in [0.15, 0.2) is 0 Å². The molecule has 0 aromatic carbocycles. The quantitative estimate of drug-likeness (QED) is 0.537. The Morgan fingerprint density at radius 3 is 2.88 bits per heavy atom. The van der Waals surface area contributed by atoms with E-state index in [9.17, 15) is 4.79 Å². The smallest absolute Gasteiger partial charge is 0.330 e. The largest absolute Gasteiger partial charge is 0.463 e. The maximum absolute atomic E-state index is 11.5. The van der Waals surface area contributed by atoms with Crippen molar-refractivity contribution in [3.05, 3.63) is 11.6 Å². The molecule has 0 heterocycles. The first-order chi connectivity index (χ1) is 7.69. The monoisotopic (exact) mass is 224 g/mol. The molecule has 1 fully saturated rings. The van der Waals surface area contributed by atoms with Crippen LogP contribution in [0.15, 0.2) is 11.6 Å². The third-order valence-corrected chi connectivity index (χ3v) is 3.63. The Hall–Kier alpha value is -0.790. The van der Waals surface area contributed by atoms with Crippen LogP contribution >= 0.6 is 0 Å². The number of ether oxygens (including phenoxy) is 1. The summed E-state index contributed by atoms with van der Waals surface area (Å²) in [5.41, 5.74) is 1.32. The van der Waals surface area contributed by atoms with Gasteiger partial charge in [-0.05, 0) is 38.0 Å². The van der Waals surface area contributed by atoms with Crippen molar-refractivity contribution >= 4 is 5.97 Å². The fraction of sp³-hybridized carbons (Fsp3) is 0.786. The summed E-state index contributed by atoms with van der Waals surface area (Å²) in [6.45, 7) is 6.83. The Kier molecular flexibility index (Phi) is 5.58. The highest BCUT2D eigenvalue weighted by molar-refractivity contribution is 5.82. The summed E-state index contributed by atoms with van der Waals surface area (Å²) in [5.74, 6) is 1.12. The minimum absolute atomic E-state index is 0.160. The summed E-state index contributed by atoms with van der Waals surface area (Å²) < 4.78 is 4.99. The lowest BCUT2D eigenvalue weighted by Crippen LogP contribution is -2.19. The number of esters is 1. The zero-order chi connectivity index (χ0) is 12.0. The molecule has 1 aliphatic carbocycles. The van der Waals surface area contributed by atoms with Gasteiger partial charge < -0.3 is 4.74 Å². The molecule has 2 heteroatoms. The fourth-order valence-electron chi connectivity index (χ4n) is 2.51. The van der Waals surface area contributed by atoms with Crippen molar-refractivity contribution in [3.8, 4) is 0 Å². The van der Waals surface area contributed by atoms with Gasteiger partial charge in [0.2, 0.25) is 0 Å². The Bertz CT molecular complexity index is 255. The van der Waals surface area contributed by atoms with Crippen LogP contribution in [0.3, 0.4) is 0 Å². The van der Waals surface area contributed by atoms with Crippen LogP contribution in [0.1, 0.15) is 52.9 Å². The third kappa shape index (κ3) is 3.66. The second-order valence-electron chi connectivity index (χ2n) is 4.71. The lowest BCUT2D eigenvalue weighted by Gasteiger charge is -2.30. The standard InChI is InChI=1S/C14H24O2/c1-4-11(3)13-9-7-6-8-12(13)10-14(15)16-5-2/h10-11,13H,4-9H2,1-3H3. The molecule has 2 atom stereocenters. The Labute approximate surface area is 99.1 Å². The Morgan fingerprint density at radius 2 is 2.25 bits per heavy atom. The van der Waals surface area contributed by atoms with E-state index in [-0.39, 0.29) is 5.97 Å². The summed E-state index contributed by atoms with van der Waals surface area (Å²) in [6, 6.07) is 0. The molecule has 16 heavy (non-hydrogen) atoms. The summed E-state index contributed by atoms with van der Waals surface area (Å²) in [4.78, 5) is 11.5. The van der Waals surface area contributed by atoms with E-state index in [0.29, 0.717) is 18.4 Å². The minimum atomic E-state index is -0.160. The van der Waals surface area contributed by atoms with Crippen LogP contribution < -0.4 is 0 Å². The first kappa shape index (κ1) is 13.3. The molecule has 2 nitrogen and oxygen atoms in total. The molecule has 0 aliphatic heterocycles. The first-order valence-corrected chi connectivity index (χ1v) is 6.56. The highest BCUT2D eigenvalue weighted by Crippen LogP contribution is 2.35. The van der Waals surface area contributed by atoms with Gasteiger partial charge in [-0.1, -0.05) is 32.3 Å². The number of carbonyl (C=O) groups is 1. The molecule has 0 bridgehead atoms. The zero-order valence-corrected chi connectivity index (χ0v) is 10.8. The van der Waals surface area contributed by atoms with E-state index in [4.69, 9.17) is 4.74 Å². The van der Waals surface area contributed by atoms with Crippen molar-refractivity contribution in [3.63, 3.8) is 0 Å². The molecular formula is C14H24O2. The lowest BCUT2D eigenvalue weighted by atomic mass is 9.76. The van der Waals surface area contributed by atoms with Crippen LogP contribution in [0.25, 0.3) is 0 Å². The molecular weight excluding hydrogens is 200 g/mol. The van der Waals surface area contributed by atoms with E-state index >= 15 is 0 Å². The number of carbonyl (C=O) groups excluding carboxylic acids is 1. The predicted molar refractivity (Wildman–Crippen MR) is 66.1 cm³/mol. The van der Waals surface area contributed by atoms with Gasteiger partial charge in [-0.15, -0.1) is 0 Å². The second kappa shape index (κ2) is 6.72. The highest BCUT2D eigenvalue weighted by Gasteiger charge is 2.24. The summed E-state index contributed by atoms with van der Waals surface area (Å²) in [7, 11) is 0. The maximum atomic E-state index is 11.5. The van der Waals surface area contributed by atoms with Gasteiger partial charge in [-0.2, -0.15) is 0 Å². The second-order valence-corrected chi connectivity index (χ2v) is 4.71. The number of allylic oxidation sites excluding steroid dienone is 1. The van der Waals surface area contributed by atoms with Gasteiger partial charge in [-0.25, -0.2) is 4.79 Å². The molecule has 2 unspecified atom stereocenters. The summed E-state index contributed by atoms with van der Waals surface area (Å²) in [6.07, 6.45) is 7.77. The van der Waals surface area contributed by atoms with Crippen LogP contribution in [-0.2, 0) is 9.53 Å². The molecule has 0 aromatic rings. The van der Waals surface area contributed by atoms with Crippen molar-refractivity contribution in [1.82, 2.24) is 0 Å². The van der Waals surface area contributed by atoms with Gasteiger partial charge >= 0.3 is 5.97 Å². The zero-order valence-electron chi connectivity index (χ0n) is 10.8. The first-order valence-electron chi connectivity index (χ1n) is 6.56. The minimum Gasteiger partial charge on any atom is -0.463 e. The van der Waals surface area contributed by atoms with Crippen LogP contribution in [0.5, 0.6) is 0 Å². The van der Waals surface area contributed by atoms with Gasteiger partial charge in [0.1, 0.15) is 0 Å². The molecule has 1 aliphatic rings. The van der Waals surface area contributed by atoms with Crippen molar-refractivity contribution in [2.45, 2.75) is 52.9 Å². The van der Waals surface area contributed by atoms with E-state index in [1.54, 1.807) is 6.08 Å². The Morgan fingerprint density at radius 1 is 1.50 bits per heavy atom. The molecule has 0 amide bonds. The van der Waals surface area contributed by atoms with Gasteiger partial charge in [-0.3, -0.25) is 0 Å². The predicted octanol–water partition coefficient (Wildman–Crippen LogP) is 3.71. The van der Waals surface area contributed by atoms with Crippen molar-refractivity contribution in [2.75, 3.05) is 6.61 Å². The van der Waals surface area contributed by atoms with Gasteiger partial charge in [0.05, 0.1) is 6.61 Å². The molecule has 92 valence electrons. The van der Waals surface area contributed by atoms with E-state index < -0.39 is 0 Å². The highest BCUT2D eigenvalue weighted by atomic mass is 16.5. The molecule has 0 radical (unpaired) electrons. The lowest BCUT2D eigenvalue weighted by molar-refractivity contribution is -0.137. The molecule has 0 spiro atoms. The number of rotatable bonds is 4. The van der Waals surface area contributed by atoms with E-state index in [1.807, 2.05) is 6.92 Å². The average Bonchev–Trinajstić information content (AvgIpc) is 2.29. The van der Waals surface area contributed by atoms with Crippen LogP contribution in [0, 0.1) is 11.8 Å². The maximum Gasteiger partial charge on any atom is 0.330 e. The summed E-state index contributed by atoms with van der Waals surface area (Å²) in [5, 5.41) is 0. The van der Waals surface area contributed by atoms with Crippen LogP contribution in [-0.4, -0.2) is 12.6 Å². The normalized spacial score (nSPS) is 25.4. The molecule has 1 saturated carbocycles. The van der Waals surface area contributed by atoms with Crippen LogP contribution in [0.2, 0.25) is 0 Å². The molecule has 0 aromatic heterocycles. The van der Waals surface area contributed by atoms with Crippen molar-refractivity contribution in [2.24, 2.45) is 11.8 Å². The van der Waals surface area contributed by atoms with Gasteiger partial charge in [0.25, 0.3) is 0 Å². The fourth-order valence-corrected chi connectivity index (χ4v) is 2.51. The average molecular weight is 224 g/mol. The van der Waals surface area contributed by atoms with Crippen molar-refractivity contribution < 1.29 is 9.53 Å². The van der Waals surface area contributed by atoms with Crippen LogP contribution in [0.4, 0.5) is 0 Å². The Balaban J connectivity index is 2.69. The number of hydrogen-bond acceptors (Lipinski definition) is 2. The summed E-state index contributed by atoms with van der Waals surface area (Å²) >= 11 is 0. The number of hydrogen-bond donors (Lipinski definition) is 0. The van der Waals surface area contributed by atoms with Crippen molar-refractivity contribution in [1.29, 1.82) is 0 Å². The molecule has 0 saturated heterocycles. The van der Waals surface area contributed by atoms with E-state index in [0.717, 1.165) is 6.42 Å². The van der Waals surface area contributed by atoms with E-state index in [1.165, 1.54) is 31.3 Å². The van der Waals surface area contributed by atoms with E-state index in [2.05, 4.69) is 13.8 Å². The topological polar surface area (TPSA) is 26.3 Å². The molecule has 1 rings (SSSR count).